The van der Waals surface area contributed by atoms with Crippen molar-refractivity contribution in [3.8, 4) is 0 Å². The number of nitrogen functional groups attached to an aromatic ring is 1. The van der Waals surface area contributed by atoms with E-state index in [2.05, 4.69) is 9.88 Å². The molecule has 1 aromatic heterocycles. The van der Waals surface area contributed by atoms with Crippen molar-refractivity contribution in [2.75, 3.05) is 44.3 Å². The Bertz CT molecular complexity index is 312. The lowest BCUT2D eigenvalue weighted by molar-refractivity contribution is 0.0410. The van der Waals surface area contributed by atoms with Crippen LogP contribution in [-0.2, 0) is 4.74 Å². The summed E-state index contributed by atoms with van der Waals surface area (Å²) in [6, 6.07) is 3.86. The predicted octanol–water partition coefficient (Wildman–Crippen LogP) is 1.09. The molecule has 2 rings (SSSR count). The van der Waals surface area contributed by atoms with Crippen molar-refractivity contribution >= 4 is 17.6 Å². The van der Waals surface area contributed by atoms with Gasteiger partial charge in [-0.15, -0.1) is 11.8 Å². The van der Waals surface area contributed by atoms with E-state index < -0.39 is 0 Å². The van der Waals surface area contributed by atoms with Crippen LogP contribution in [0, 0.1) is 0 Å². The maximum absolute atomic E-state index is 5.53. The summed E-state index contributed by atoms with van der Waals surface area (Å²) >= 11 is 1.82. The number of ether oxygens (including phenoxy) is 1. The van der Waals surface area contributed by atoms with Gasteiger partial charge in [-0.1, -0.05) is 0 Å². The third kappa shape index (κ3) is 3.66. The third-order valence-corrected chi connectivity index (χ3v) is 3.50. The van der Waals surface area contributed by atoms with Gasteiger partial charge in [0.1, 0.15) is 5.82 Å². The number of hydrogen-bond donors (Lipinski definition) is 1. The minimum Gasteiger partial charge on any atom is -0.384 e. The van der Waals surface area contributed by atoms with Crippen LogP contribution in [0.2, 0.25) is 0 Å². The molecule has 0 spiro atoms. The summed E-state index contributed by atoms with van der Waals surface area (Å²) in [6.07, 6.45) is 1.83. The Hall–Kier alpha value is -0.780. The first kappa shape index (κ1) is 11.7. The zero-order valence-electron chi connectivity index (χ0n) is 9.26. The average molecular weight is 239 g/mol. The lowest BCUT2D eigenvalue weighted by atomic mass is 10.4. The van der Waals surface area contributed by atoms with Crippen molar-refractivity contribution in [3.63, 3.8) is 0 Å². The minimum atomic E-state index is 0.581. The Morgan fingerprint density at radius 2 is 2.19 bits per heavy atom. The Morgan fingerprint density at radius 1 is 1.38 bits per heavy atom. The van der Waals surface area contributed by atoms with Crippen molar-refractivity contribution in [3.05, 3.63) is 18.3 Å². The fraction of sp³-hybridized carbons (Fsp3) is 0.545. The van der Waals surface area contributed by atoms with Crippen LogP contribution in [-0.4, -0.2) is 48.5 Å². The maximum atomic E-state index is 5.53. The van der Waals surface area contributed by atoms with Crippen LogP contribution in [0.5, 0.6) is 0 Å². The molecule has 0 atom stereocenters. The van der Waals surface area contributed by atoms with Crippen molar-refractivity contribution in [2.24, 2.45) is 0 Å². The van der Waals surface area contributed by atoms with Gasteiger partial charge in [-0.05, 0) is 12.1 Å². The second-order valence-corrected chi connectivity index (χ2v) is 4.89. The van der Waals surface area contributed by atoms with E-state index in [4.69, 9.17) is 10.5 Å². The molecule has 0 bridgehead atoms. The highest BCUT2D eigenvalue weighted by atomic mass is 32.2. The fourth-order valence-electron chi connectivity index (χ4n) is 1.59. The van der Waals surface area contributed by atoms with Gasteiger partial charge in [-0.2, -0.15) is 0 Å². The third-order valence-electron chi connectivity index (χ3n) is 2.54. The van der Waals surface area contributed by atoms with E-state index in [1.54, 1.807) is 0 Å². The normalized spacial score (nSPS) is 17.5. The maximum Gasteiger partial charge on any atom is 0.123 e. The molecule has 0 saturated carbocycles. The molecule has 4 nitrogen and oxygen atoms in total. The first-order valence-corrected chi connectivity index (χ1v) is 6.47. The highest BCUT2D eigenvalue weighted by Gasteiger charge is 2.09. The number of thioether (sulfide) groups is 1. The van der Waals surface area contributed by atoms with E-state index in [1.165, 1.54) is 4.90 Å². The molecule has 5 heteroatoms. The first-order chi connectivity index (χ1) is 7.84. The van der Waals surface area contributed by atoms with Crippen LogP contribution in [0.25, 0.3) is 0 Å². The minimum absolute atomic E-state index is 0.581. The Balaban J connectivity index is 1.69. The van der Waals surface area contributed by atoms with Gasteiger partial charge in [0.05, 0.1) is 13.2 Å². The lowest BCUT2D eigenvalue weighted by Gasteiger charge is -2.26. The molecule has 2 heterocycles. The SMILES string of the molecule is Nc1ccc(SCCN2CCOCC2)cn1. The van der Waals surface area contributed by atoms with Crippen molar-refractivity contribution in [1.29, 1.82) is 0 Å². The van der Waals surface area contributed by atoms with Gasteiger partial charge in [0.2, 0.25) is 0 Å². The highest BCUT2D eigenvalue weighted by Crippen LogP contribution is 2.17. The number of pyridine rings is 1. The molecular formula is C11H17N3OS. The highest BCUT2D eigenvalue weighted by molar-refractivity contribution is 7.99. The fourth-order valence-corrected chi connectivity index (χ4v) is 2.47. The summed E-state index contributed by atoms with van der Waals surface area (Å²) < 4.78 is 5.31. The topological polar surface area (TPSA) is 51.4 Å². The molecule has 2 N–H and O–H groups in total. The lowest BCUT2D eigenvalue weighted by Crippen LogP contribution is -2.37. The molecule has 0 aliphatic carbocycles. The smallest absolute Gasteiger partial charge is 0.123 e. The Morgan fingerprint density at radius 3 is 2.88 bits per heavy atom. The van der Waals surface area contributed by atoms with Gasteiger partial charge in [-0.25, -0.2) is 4.98 Å². The molecule has 1 saturated heterocycles. The molecule has 1 fully saturated rings. The zero-order chi connectivity index (χ0) is 11.2. The second kappa shape index (κ2) is 6.08. The van der Waals surface area contributed by atoms with Gasteiger partial charge in [0, 0.05) is 36.5 Å². The molecule has 1 aromatic rings. The predicted molar refractivity (Wildman–Crippen MR) is 66.6 cm³/mol. The number of aromatic nitrogens is 1. The number of nitrogens with two attached hydrogens (primary N) is 1. The molecule has 16 heavy (non-hydrogen) atoms. The standard InChI is InChI=1S/C11H17N3OS/c12-11-2-1-10(9-13-11)16-8-5-14-3-6-15-7-4-14/h1-2,9H,3-8H2,(H2,12,13). The van der Waals surface area contributed by atoms with Crippen LogP contribution < -0.4 is 5.73 Å². The summed E-state index contributed by atoms with van der Waals surface area (Å²) in [7, 11) is 0. The van der Waals surface area contributed by atoms with Crippen LogP contribution in [0.15, 0.2) is 23.2 Å². The van der Waals surface area contributed by atoms with Crippen LogP contribution >= 0.6 is 11.8 Å². The van der Waals surface area contributed by atoms with Gasteiger partial charge >= 0.3 is 0 Å². The van der Waals surface area contributed by atoms with E-state index in [0.29, 0.717) is 5.82 Å². The number of anilines is 1. The van der Waals surface area contributed by atoms with E-state index in [1.807, 2.05) is 30.1 Å². The summed E-state index contributed by atoms with van der Waals surface area (Å²) in [5, 5.41) is 0. The van der Waals surface area contributed by atoms with Gasteiger partial charge in [0.15, 0.2) is 0 Å². The molecule has 88 valence electrons. The average Bonchev–Trinajstić information content (AvgIpc) is 2.33. The van der Waals surface area contributed by atoms with Crippen LogP contribution in [0.4, 0.5) is 5.82 Å². The van der Waals surface area contributed by atoms with E-state index >= 15 is 0 Å². The van der Waals surface area contributed by atoms with Crippen molar-refractivity contribution < 1.29 is 4.74 Å². The molecule has 1 aliphatic rings. The molecular weight excluding hydrogens is 222 g/mol. The van der Waals surface area contributed by atoms with Crippen molar-refractivity contribution in [1.82, 2.24) is 9.88 Å². The number of nitrogens with zero attached hydrogens (tertiary/aromatic N) is 2. The van der Waals surface area contributed by atoms with Gasteiger partial charge < -0.3 is 10.5 Å². The van der Waals surface area contributed by atoms with Crippen LogP contribution in [0.3, 0.4) is 0 Å². The Labute approximate surface area is 100 Å². The molecule has 0 amide bonds. The largest absolute Gasteiger partial charge is 0.384 e. The summed E-state index contributed by atoms with van der Waals surface area (Å²) in [5.74, 6) is 1.67. The zero-order valence-corrected chi connectivity index (χ0v) is 10.1. The first-order valence-electron chi connectivity index (χ1n) is 5.49. The van der Waals surface area contributed by atoms with Gasteiger partial charge in [-0.3, -0.25) is 4.90 Å². The van der Waals surface area contributed by atoms with E-state index in [9.17, 15) is 0 Å². The number of rotatable bonds is 4. The summed E-state index contributed by atoms with van der Waals surface area (Å²) in [5.41, 5.74) is 5.53. The number of hydrogen-bond acceptors (Lipinski definition) is 5. The molecule has 0 unspecified atom stereocenters. The quantitative estimate of drug-likeness (QED) is 0.797. The monoisotopic (exact) mass is 239 g/mol. The molecule has 0 aromatic carbocycles. The molecule has 0 radical (unpaired) electrons. The van der Waals surface area contributed by atoms with E-state index in [0.717, 1.165) is 38.6 Å². The van der Waals surface area contributed by atoms with Gasteiger partial charge in [0.25, 0.3) is 0 Å². The second-order valence-electron chi connectivity index (χ2n) is 3.72. The number of morpholine rings is 1. The Kier molecular flexibility index (Phi) is 4.44. The summed E-state index contributed by atoms with van der Waals surface area (Å²) in [6.45, 7) is 4.96. The molecule has 1 aliphatic heterocycles. The summed E-state index contributed by atoms with van der Waals surface area (Å²) in [4.78, 5) is 7.68. The van der Waals surface area contributed by atoms with Crippen molar-refractivity contribution in [2.45, 2.75) is 4.90 Å². The van der Waals surface area contributed by atoms with Crippen LogP contribution in [0.1, 0.15) is 0 Å². The van der Waals surface area contributed by atoms with E-state index in [-0.39, 0.29) is 0 Å².